The highest BCUT2D eigenvalue weighted by molar-refractivity contribution is 7.92. The molecule has 1 aromatic heterocycles. The fourth-order valence-electron chi connectivity index (χ4n) is 1.56. The zero-order valence-electron chi connectivity index (χ0n) is 14.4. The summed E-state index contributed by atoms with van der Waals surface area (Å²) in [5, 5.41) is 11.9. The summed E-state index contributed by atoms with van der Waals surface area (Å²) in [6.45, 7) is 2.79. The third kappa shape index (κ3) is 6.99. The number of nitrogens with zero attached hydrogens (tertiary/aromatic N) is 2. The number of hydrogen-bond donors (Lipinski definition) is 3. The maximum atomic E-state index is 11.9. The number of rotatable bonds is 5. The third-order valence-electron chi connectivity index (χ3n) is 2.83. The molecule has 0 spiro atoms. The van der Waals surface area contributed by atoms with Crippen LogP contribution < -0.4 is 10.5 Å². The summed E-state index contributed by atoms with van der Waals surface area (Å²) in [4.78, 5) is 0.118. The molecule has 8 nitrogen and oxygen atoms in total. The highest BCUT2D eigenvalue weighted by atomic mass is 32.2. The molecular weight excluding hydrogens is 332 g/mol. The Labute approximate surface area is 142 Å². The Kier molecular flexibility index (Phi) is 6.76. The van der Waals surface area contributed by atoms with E-state index in [1.807, 2.05) is 0 Å². The van der Waals surface area contributed by atoms with Gasteiger partial charge in [0.2, 0.25) is 0 Å². The van der Waals surface area contributed by atoms with Crippen molar-refractivity contribution in [3.05, 3.63) is 36.1 Å². The summed E-state index contributed by atoms with van der Waals surface area (Å²) < 4.78 is 31.7. The van der Waals surface area contributed by atoms with Gasteiger partial charge in [0.05, 0.1) is 32.6 Å². The predicted molar refractivity (Wildman–Crippen MR) is 92.9 cm³/mol. The first-order valence-electron chi connectivity index (χ1n) is 7.26. The number of sulfonamides is 1. The lowest BCUT2D eigenvalue weighted by atomic mass is 10.3. The summed E-state index contributed by atoms with van der Waals surface area (Å²) in [7, 11) is 2.51. The Morgan fingerprint density at radius 2 is 1.83 bits per heavy atom. The first-order valence-corrected chi connectivity index (χ1v) is 8.75. The van der Waals surface area contributed by atoms with E-state index >= 15 is 0 Å². The second-order valence-electron chi connectivity index (χ2n) is 6.23. The van der Waals surface area contributed by atoms with Crippen molar-refractivity contribution in [2.24, 2.45) is 0 Å². The third-order valence-corrected chi connectivity index (χ3v) is 4.20. The molecule has 0 bridgehead atoms. The summed E-state index contributed by atoms with van der Waals surface area (Å²) in [6, 6.07) is 7.37. The van der Waals surface area contributed by atoms with Crippen molar-refractivity contribution < 1.29 is 22.5 Å². The molecule has 0 saturated carbocycles. The van der Waals surface area contributed by atoms with Gasteiger partial charge in [-0.25, -0.2) is 8.42 Å². The molecule has 134 valence electrons. The maximum absolute atomic E-state index is 11.9. The average Bonchev–Trinajstić information content (AvgIpc) is 2.83. The summed E-state index contributed by atoms with van der Waals surface area (Å²) in [5.74, 6) is 0.680. The van der Waals surface area contributed by atoms with Crippen LogP contribution in [0.25, 0.3) is 0 Å². The molecule has 0 aliphatic rings. The van der Waals surface area contributed by atoms with E-state index in [1.54, 1.807) is 6.92 Å². The summed E-state index contributed by atoms with van der Waals surface area (Å²) in [5.41, 5.74) is 5.98. The number of likely N-dealkylation sites (N-methyl/N-ethyl adjacent to an activating group) is 1. The van der Waals surface area contributed by atoms with Gasteiger partial charge in [-0.3, -0.25) is 4.72 Å². The number of nitrogens with one attached hydrogen (secondary N) is 1. The van der Waals surface area contributed by atoms with E-state index < -0.39 is 10.0 Å². The highest BCUT2D eigenvalue weighted by Gasteiger charge is 2.15. The van der Waals surface area contributed by atoms with Crippen molar-refractivity contribution in [1.29, 1.82) is 0 Å². The summed E-state index contributed by atoms with van der Waals surface area (Å²) in [6.07, 6.45) is 0. The number of benzene rings is 1. The van der Waals surface area contributed by atoms with Crippen molar-refractivity contribution >= 4 is 21.5 Å². The number of nitrogen functional groups attached to an aromatic ring is 1. The van der Waals surface area contributed by atoms with Gasteiger partial charge in [-0.05, 0) is 31.2 Å². The number of nitrogens with two attached hydrogens (primary N) is 1. The topological polar surface area (TPSA) is 118 Å². The second-order valence-corrected chi connectivity index (χ2v) is 7.92. The van der Waals surface area contributed by atoms with Crippen LogP contribution in [0.5, 0.6) is 0 Å². The van der Waals surface area contributed by atoms with Gasteiger partial charge in [0.15, 0.2) is 5.82 Å². The van der Waals surface area contributed by atoms with Crippen LogP contribution >= 0.6 is 0 Å². The number of hydrogen-bond acceptors (Lipinski definition) is 6. The number of quaternary nitrogens is 1. The Hall–Kier alpha value is -2.10. The van der Waals surface area contributed by atoms with Crippen LogP contribution in [-0.2, 0) is 10.0 Å². The summed E-state index contributed by atoms with van der Waals surface area (Å²) >= 11 is 0. The molecule has 0 atom stereocenters. The van der Waals surface area contributed by atoms with Gasteiger partial charge in [-0.15, -0.1) is 0 Å². The Bertz CT molecular complexity index is 734. The molecule has 24 heavy (non-hydrogen) atoms. The molecule has 0 aliphatic heterocycles. The highest BCUT2D eigenvalue weighted by Crippen LogP contribution is 2.16. The van der Waals surface area contributed by atoms with Gasteiger partial charge in [-0.1, -0.05) is 5.16 Å². The molecule has 2 aromatic rings. The predicted octanol–water partition coefficient (Wildman–Crippen LogP) is 1.05. The molecule has 2 rings (SSSR count). The fraction of sp³-hybridized carbons (Fsp3) is 0.400. The van der Waals surface area contributed by atoms with Crippen molar-refractivity contribution in [3.8, 4) is 0 Å². The smallest absolute Gasteiger partial charge is 0.263 e. The quantitative estimate of drug-likeness (QED) is 0.544. The molecule has 0 radical (unpaired) electrons. The van der Waals surface area contributed by atoms with Crippen LogP contribution in [0.1, 0.15) is 5.76 Å². The van der Waals surface area contributed by atoms with Gasteiger partial charge >= 0.3 is 0 Å². The Morgan fingerprint density at radius 3 is 2.21 bits per heavy atom. The van der Waals surface area contributed by atoms with Crippen LogP contribution in [0.15, 0.2) is 39.8 Å². The molecule has 0 amide bonds. The van der Waals surface area contributed by atoms with Crippen LogP contribution in [-0.4, -0.2) is 57.5 Å². The monoisotopic (exact) mass is 357 g/mol. The van der Waals surface area contributed by atoms with E-state index in [2.05, 4.69) is 31.0 Å². The maximum Gasteiger partial charge on any atom is 0.263 e. The van der Waals surface area contributed by atoms with Crippen LogP contribution in [0.2, 0.25) is 0 Å². The molecule has 4 N–H and O–H groups in total. The SMILES string of the molecule is C[N+](C)(C)CCO.Cc1cc(NS(=O)(=O)c2ccc(N)cc2)no1. The van der Waals surface area contributed by atoms with Crippen LogP contribution in [0.4, 0.5) is 11.5 Å². The van der Waals surface area contributed by atoms with E-state index in [0.29, 0.717) is 11.4 Å². The number of aliphatic hydroxyl groups excluding tert-OH is 1. The Balaban J connectivity index is 0.000000351. The number of anilines is 2. The molecule has 9 heteroatoms. The Morgan fingerprint density at radius 1 is 1.25 bits per heavy atom. The number of aliphatic hydroxyl groups is 1. The average molecular weight is 357 g/mol. The van der Waals surface area contributed by atoms with Gasteiger partial charge in [-0.2, -0.15) is 0 Å². The molecular formula is C15H25N4O4S+. The first kappa shape index (κ1) is 19.9. The van der Waals surface area contributed by atoms with E-state index in [0.717, 1.165) is 11.0 Å². The molecule has 0 fully saturated rings. The lowest BCUT2D eigenvalue weighted by molar-refractivity contribution is -0.870. The fourth-order valence-corrected chi connectivity index (χ4v) is 2.54. The van der Waals surface area contributed by atoms with Gasteiger partial charge in [0, 0.05) is 11.8 Å². The zero-order chi connectivity index (χ0) is 18.4. The molecule has 0 unspecified atom stereocenters. The molecule has 0 aliphatic carbocycles. The standard InChI is InChI=1S/C10H11N3O3S.C5H14NO/c1-7-6-10(12-16-7)13-17(14,15)9-4-2-8(11)3-5-9;1-6(2,3)4-5-7/h2-6H,11H2,1H3,(H,12,13);7H,4-5H2,1-3H3/q;+1. The minimum absolute atomic E-state index is 0.118. The zero-order valence-corrected chi connectivity index (χ0v) is 15.2. The lowest BCUT2D eigenvalue weighted by Crippen LogP contribution is -2.36. The van der Waals surface area contributed by atoms with E-state index in [-0.39, 0.29) is 17.3 Å². The lowest BCUT2D eigenvalue weighted by Gasteiger charge is -2.21. The van der Waals surface area contributed by atoms with Gasteiger partial charge < -0.3 is 19.8 Å². The van der Waals surface area contributed by atoms with E-state index in [4.69, 9.17) is 15.4 Å². The van der Waals surface area contributed by atoms with E-state index in [9.17, 15) is 8.42 Å². The van der Waals surface area contributed by atoms with Crippen molar-refractivity contribution in [3.63, 3.8) is 0 Å². The number of aryl methyl sites for hydroxylation is 1. The van der Waals surface area contributed by atoms with Crippen LogP contribution in [0, 0.1) is 6.92 Å². The molecule has 1 aromatic carbocycles. The van der Waals surface area contributed by atoms with Crippen LogP contribution in [0.3, 0.4) is 0 Å². The minimum atomic E-state index is -3.64. The van der Waals surface area contributed by atoms with E-state index in [1.165, 1.54) is 30.3 Å². The van der Waals surface area contributed by atoms with Crippen molar-refractivity contribution in [2.45, 2.75) is 11.8 Å². The minimum Gasteiger partial charge on any atom is -0.399 e. The largest absolute Gasteiger partial charge is 0.399 e. The normalized spacial score (nSPS) is 11.5. The second kappa shape index (κ2) is 8.13. The van der Waals surface area contributed by atoms with Gasteiger partial charge in [0.1, 0.15) is 12.3 Å². The first-order chi connectivity index (χ1) is 11.0. The van der Waals surface area contributed by atoms with Gasteiger partial charge in [0.25, 0.3) is 10.0 Å². The molecule has 1 heterocycles. The molecule has 0 saturated heterocycles. The number of aromatic nitrogens is 1. The van der Waals surface area contributed by atoms with Crippen molar-refractivity contribution in [1.82, 2.24) is 5.16 Å². The van der Waals surface area contributed by atoms with Crippen molar-refractivity contribution in [2.75, 3.05) is 44.8 Å².